The summed E-state index contributed by atoms with van der Waals surface area (Å²) in [4.78, 5) is 27.8. The maximum atomic E-state index is 12.9. The molecule has 0 atom stereocenters. The van der Waals surface area contributed by atoms with Gasteiger partial charge >= 0.3 is 0 Å². The molecule has 0 spiro atoms. The Bertz CT molecular complexity index is 807. The molecule has 1 fully saturated rings. The maximum Gasteiger partial charge on any atom is 0.253 e. The average molecular weight is 370 g/mol. The van der Waals surface area contributed by atoms with Crippen LogP contribution in [0.1, 0.15) is 28.8 Å². The zero-order valence-electron chi connectivity index (χ0n) is 15.4. The number of ether oxygens (including phenoxy) is 1. The standard InChI is InChI=1S/C21H23FN2O3/c1-23(12-13-27-19-9-7-18(22)8-10-19)21(26)17-5-2-4-16(14-17)15-24-11-3-6-20(24)25/h2,4-5,7-10,14H,3,6,11-13,15H2,1H3. The van der Waals surface area contributed by atoms with E-state index in [0.29, 0.717) is 37.4 Å². The van der Waals surface area contributed by atoms with E-state index in [9.17, 15) is 14.0 Å². The molecule has 1 saturated heterocycles. The minimum atomic E-state index is -0.315. The minimum absolute atomic E-state index is 0.104. The molecular formula is C21H23FN2O3. The van der Waals surface area contributed by atoms with Gasteiger partial charge in [-0.15, -0.1) is 0 Å². The number of benzene rings is 2. The summed E-state index contributed by atoms with van der Waals surface area (Å²) in [6, 6.07) is 13.2. The molecule has 3 rings (SSSR count). The van der Waals surface area contributed by atoms with Crippen molar-refractivity contribution in [3.05, 3.63) is 65.5 Å². The zero-order valence-corrected chi connectivity index (χ0v) is 15.4. The third-order valence-electron chi connectivity index (χ3n) is 4.57. The van der Waals surface area contributed by atoms with Crippen molar-refractivity contribution in [2.75, 3.05) is 26.7 Å². The number of halogens is 1. The van der Waals surface area contributed by atoms with Gasteiger partial charge in [0.15, 0.2) is 0 Å². The summed E-state index contributed by atoms with van der Waals surface area (Å²) >= 11 is 0. The molecule has 0 saturated carbocycles. The quantitative estimate of drug-likeness (QED) is 0.753. The van der Waals surface area contributed by atoms with Crippen molar-refractivity contribution in [1.29, 1.82) is 0 Å². The first kappa shape index (κ1) is 18.9. The number of rotatable bonds is 7. The number of nitrogens with zero attached hydrogens (tertiary/aromatic N) is 2. The second-order valence-corrected chi connectivity index (χ2v) is 6.65. The summed E-state index contributed by atoms with van der Waals surface area (Å²) in [6.07, 6.45) is 1.50. The molecule has 5 nitrogen and oxygen atoms in total. The van der Waals surface area contributed by atoms with Crippen LogP contribution < -0.4 is 4.74 Å². The third kappa shape index (κ3) is 5.06. The smallest absolute Gasteiger partial charge is 0.253 e. The van der Waals surface area contributed by atoms with Gasteiger partial charge in [0.1, 0.15) is 18.2 Å². The SMILES string of the molecule is CN(CCOc1ccc(F)cc1)C(=O)c1cccc(CN2CCCC2=O)c1. The number of hydrogen-bond acceptors (Lipinski definition) is 3. The molecule has 1 aliphatic heterocycles. The highest BCUT2D eigenvalue weighted by molar-refractivity contribution is 5.94. The highest BCUT2D eigenvalue weighted by Crippen LogP contribution is 2.16. The van der Waals surface area contributed by atoms with E-state index in [1.54, 1.807) is 30.1 Å². The number of hydrogen-bond donors (Lipinski definition) is 0. The van der Waals surface area contributed by atoms with Crippen LogP contribution in [0.5, 0.6) is 5.75 Å². The second kappa shape index (κ2) is 8.66. The lowest BCUT2D eigenvalue weighted by Gasteiger charge is -2.19. The van der Waals surface area contributed by atoms with E-state index in [1.807, 2.05) is 23.1 Å². The van der Waals surface area contributed by atoms with Gasteiger partial charge < -0.3 is 14.5 Å². The van der Waals surface area contributed by atoms with E-state index >= 15 is 0 Å². The van der Waals surface area contributed by atoms with Gasteiger partial charge in [-0.25, -0.2) is 4.39 Å². The lowest BCUT2D eigenvalue weighted by atomic mass is 10.1. The molecule has 1 heterocycles. The molecular weight excluding hydrogens is 347 g/mol. The molecule has 1 aliphatic rings. The summed E-state index contributed by atoms with van der Waals surface area (Å²) in [5.41, 5.74) is 1.54. The van der Waals surface area contributed by atoms with Crippen LogP contribution >= 0.6 is 0 Å². The average Bonchev–Trinajstić information content (AvgIpc) is 3.07. The van der Waals surface area contributed by atoms with E-state index in [-0.39, 0.29) is 17.6 Å². The zero-order chi connectivity index (χ0) is 19.2. The summed E-state index contributed by atoms with van der Waals surface area (Å²) < 4.78 is 18.4. The maximum absolute atomic E-state index is 12.9. The van der Waals surface area contributed by atoms with Crippen LogP contribution in [0.15, 0.2) is 48.5 Å². The first-order valence-corrected chi connectivity index (χ1v) is 9.03. The molecule has 142 valence electrons. The molecule has 2 aromatic carbocycles. The van der Waals surface area contributed by atoms with Crippen LogP contribution in [-0.2, 0) is 11.3 Å². The van der Waals surface area contributed by atoms with Crippen LogP contribution in [0.25, 0.3) is 0 Å². The third-order valence-corrected chi connectivity index (χ3v) is 4.57. The molecule has 2 aromatic rings. The molecule has 0 aromatic heterocycles. The van der Waals surface area contributed by atoms with Gasteiger partial charge in [-0.3, -0.25) is 9.59 Å². The second-order valence-electron chi connectivity index (χ2n) is 6.65. The van der Waals surface area contributed by atoms with Crippen molar-refractivity contribution >= 4 is 11.8 Å². The van der Waals surface area contributed by atoms with Gasteiger partial charge in [-0.2, -0.15) is 0 Å². The van der Waals surface area contributed by atoms with Crippen LogP contribution in [0, 0.1) is 5.82 Å². The van der Waals surface area contributed by atoms with Gasteiger partial charge in [-0.1, -0.05) is 12.1 Å². The number of amides is 2. The fourth-order valence-electron chi connectivity index (χ4n) is 3.05. The fraction of sp³-hybridized carbons (Fsp3) is 0.333. The monoisotopic (exact) mass is 370 g/mol. The van der Waals surface area contributed by atoms with Crippen LogP contribution in [-0.4, -0.2) is 48.4 Å². The number of likely N-dealkylation sites (tertiary alicyclic amines) is 1. The fourth-order valence-corrected chi connectivity index (χ4v) is 3.05. The molecule has 27 heavy (non-hydrogen) atoms. The van der Waals surface area contributed by atoms with Crippen LogP contribution in [0.4, 0.5) is 4.39 Å². The summed E-state index contributed by atoms with van der Waals surface area (Å²) in [5, 5.41) is 0. The van der Waals surface area contributed by atoms with Crippen molar-refractivity contribution < 1.29 is 18.7 Å². The molecule has 6 heteroatoms. The Labute approximate surface area is 158 Å². The molecule has 0 N–H and O–H groups in total. The van der Waals surface area contributed by atoms with Crippen molar-refractivity contribution in [2.45, 2.75) is 19.4 Å². The van der Waals surface area contributed by atoms with E-state index < -0.39 is 0 Å². The van der Waals surface area contributed by atoms with Crippen LogP contribution in [0.2, 0.25) is 0 Å². The van der Waals surface area contributed by atoms with Gasteiger partial charge in [0.2, 0.25) is 5.91 Å². The Kier molecular flexibility index (Phi) is 6.06. The molecule has 2 amide bonds. The molecule has 0 unspecified atom stereocenters. The predicted octanol–water partition coefficient (Wildman–Crippen LogP) is 3.10. The highest BCUT2D eigenvalue weighted by Gasteiger charge is 2.20. The van der Waals surface area contributed by atoms with E-state index in [4.69, 9.17) is 4.74 Å². The first-order valence-electron chi connectivity index (χ1n) is 9.03. The Hall–Kier alpha value is -2.89. The van der Waals surface area contributed by atoms with E-state index in [1.165, 1.54) is 12.1 Å². The van der Waals surface area contributed by atoms with Crippen molar-refractivity contribution in [2.24, 2.45) is 0 Å². The van der Waals surface area contributed by atoms with Crippen molar-refractivity contribution in [3.63, 3.8) is 0 Å². The Balaban J connectivity index is 1.53. The van der Waals surface area contributed by atoms with E-state index in [2.05, 4.69) is 0 Å². The molecule has 0 aliphatic carbocycles. The van der Waals surface area contributed by atoms with Gasteiger partial charge in [0.25, 0.3) is 5.91 Å². The Morgan fingerprint density at radius 3 is 2.70 bits per heavy atom. The largest absolute Gasteiger partial charge is 0.492 e. The van der Waals surface area contributed by atoms with Gasteiger partial charge in [-0.05, 0) is 48.4 Å². The Morgan fingerprint density at radius 2 is 2.00 bits per heavy atom. The minimum Gasteiger partial charge on any atom is -0.492 e. The lowest BCUT2D eigenvalue weighted by molar-refractivity contribution is -0.128. The number of likely N-dealkylation sites (N-methyl/N-ethyl adjacent to an activating group) is 1. The Morgan fingerprint density at radius 1 is 1.22 bits per heavy atom. The molecule has 0 bridgehead atoms. The van der Waals surface area contributed by atoms with Crippen molar-refractivity contribution in [1.82, 2.24) is 9.80 Å². The van der Waals surface area contributed by atoms with Crippen LogP contribution in [0.3, 0.4) is 0 Å². The summed E-state index contributed by atoms with van der Waals surface area (Å²) in [6.45, 7) is 2.04. The highest BCUT2D eigenvalue weighted by atomic mass is 19.1. The topological polar surface area (TPSA) is 49.9 Å². The summed E-state index contributed by atoms with van der Waals surface area (Å²) in [7, 11) is 1.72. The number of carbonyl (C=O) groups excluding carboxylic acids is 2. The number of carbonyl (C=O) groups is 2. The predicted molar refractivity (Wildman–Crippen MR) is 99.9 cm³/mol. The molecule has 0 radical (unpaired) electrons. The summed E-state index contributed by atoms with van der Waals surface area (Å²) in [5.74, 6) is 0.314. The van der Waals surface area contributed by atoms with E-state index in [0.717, 1.165) is 18.5 Å². The van der Waals surface area contributed by atoms with Gasteiger partial charge in [0, 0.05) is 32.1 Å². The lowest BCUT2D eigenvalue weighted by Crippen LogP contribution is -2.31. The normalized spacial score (nSPS) is 13.7. The first-order chi connectivity index (χ1) is 13.0. The van der Waals surface area contributed by atoms with Crippen molar-refractivity contribution in [3.8, 4) is 5.75 Å². The van der Waals surface area contributed by atoms with Gasteiger partial charge in [0.05, 0.1) is 6.54 Å².